The molecule has 0 saturated carbocycles. The minimum absolute atomic E-state index is 0.0311. The van der Waals surface area contributed by atoms with Crippen LogP contribution in [0, 0.1) is 0 Å². The topological polar surface area (TPSA) is 41.0 Å². The largest absolute Gasteiger partial charge is 0.373 e. The Balaban J connectivity index is 2.39. The third-order valence-electron chi connectivity index (χ3n) is 3.99. The van der Waals surface area contributed by atoms with E-state index in [9.17, 15) is 0 Å². The van der Waals surface area contributed by atoms with Gasteiger partial charge >= 0.3 is 0 Å². The van der Waals surface area contributed by atoms with Crippen LogP contribution in [-0.2, 0) is 5.41 Å². The van der Waals surface area contributed by atoms with Crippen molar-refractivity contribution in [2.24, 2.45) is 0 Å². The number of nitrogens with zero attached hydrogens (tertiary/aromatic N) is 3. The molecule has 0 aliphatic carbocycles. The standard InChI is InChI=1S/C16H28N4/c1-12-9-7-6-8-10-20(12)14-11-13(17-5)18-15(19-14)16(2,3)4/h11-12H,6-10H2,1-5H3,(H,17,18,19). The van der Waals surface area contributed by atoms with Crippen LogP contribution in [0.1, 0.15) is 59.2 Å². The molecule has 2 heterocycles. The molecule has 1 aromatic rings. The predicted octanol–water partition coefficient (Wildman–Crippen LogP) is 3.58. The van der Waals surface area contributed by atoms with Crippen LogP contribution in [0.5, 0.6) is 0 Å². The molecule has 2 rings (SSSR count). The molecule has 4 heteroatoms. The molecule has 1 atom stereocenters. The van der Waals surface area contributed by atoms with E-state index in [1.54, 1.807) is 0 Å². The van der Waals surface area contributed by atoms with Crippen molar-refractivity contribution < 1.29 is 0 Å². The Kier molecular flexibility index (Phi) is 4.51. The van der Waals surface area contributed by atoms with Gasteiger partial charge in [-0.05, 0) is 19.8 Å². The molecule has 20 heavy (non-hydrogen) atoms. The highest BCUT2D eigenvalue weighted by Crippen LogP contribution is 2.27. The summed E-state index contributed by atoms with van der Waals surface area (Å²) in [7, 11) is 1.92. The molecule has 0 bridgehead atoms. The number of hydrogen-bond donors (Lipinski definition) is 1. The van der Waals surface area contributed by atoms with E-state index in [1.807, 2.05) is 7.05 Å². The summed E-state index contributed by atoms with van der Waals surface area (Å²) in [5, 5.41) is 3.17. The van der Waals surface area contributed by atoms with Gasteiger partial charge in [0.1, 0.15) is 17.5 Å². The lowest BCUT2D eigenvalue weighted by Gasteiger charge is -2.30. The predicted molar refractivity (Wildman–Crippen MR) is 85.6 cm³/mol. The molecule has 1 aliphatic rings. The van der Waals surface area contributed by atoms with Gasteiger partial charge in [-0.25, -0.2) is 9.97 Å². The zero-order valence-corrected chi connectivity index (χ0v) is 13.5. The number of hydrogen-bond acceptors (Lipinski definition) is 4. The first kappa shape index (κ1) is 15.1. The van der Waals surface area contributed by atoms with Gasteiger partial charge in [-0.2, -0.15) is 0 Å². The van der Waals surface area contributed by atoms with Crippen LogP contribution in [0.15, 0.2) is 6.07 Å². The van der Waals surface area contributed by atoms with Crippen LogP contribution in [0.3, 0.4) is 0 Å². The van der Waals surface area contributed by atoms with E-state index in [0.717, 1.165) is 24.0 Å². The quantitative estimate of drug-likeness (QED) is 0.896. The molecule has 1 saturated heterocycles. The second-order valence-corrected chi connectivity index (χ2v) is 6.83. The summed E-state index contributed by atoms with van der Waals surface area (Å²) >= 11 is 0. The van der Waals surface area contributed by atoms with Crippen LogP contribution in [0.2, 0.25) is 0 Å². The van der Waals surface area contributed by atoms with Gasteiger partial charge in [-0.15, -0.1) is 0 Å². The van der Waals surface area contributed by atoms with Crippen LogP contribution < -0.4 is 10.2 Å². The number of aromatic nitrogens is 2. The first-order valence-corrected chi connectivity index (χ1v) is 7.76. The van der Waals surface area contributed by atoms with Crippen molar-refractivity contribution in [1.82, 2.24) is 9.97 Å². The minimum Gasteiger partial charge on any atom is -0.373 e. The highest BCUT2D eigenvalue weighted by atomic mass is 15.2. The van der Waals surface area contributed by atoms with E-state index >= 15 is 0 Å². The van der Waals surface area contributed by atoms with Crippen LogP contribution in [0.4, 0.5) is 11.6 Å². The van der Waals surface area contributed by atoms with E-state index in [-0.39, 0.29) is 5.41 Å². The zero-order chi connectivity index (χ0) is 14.8. The first-order chi connectivity index (χ1) is 9.41. The first-order valence-electron chi connectivity index (χ1n) is 7.76. The second kappa shape index (κ2) is 5.98. The Morgan fingerprint density at radius 3 is 2.60 bits per heavy atom. The summed E-state index contributed by atoms with van der Waals surface area (Å²) in [6.45, 7) is 9.90. The van der Waals surface area contributed by atoms with Gasteiger partial charge < -0.3 is 10.2 Å². The van der Waals surface area contributed by atoms with Gasteiger partial charge in [0.05, 0.1) is 0 Å². The number of nitrogens with one attached hydrogen (secondary N) is 1. The summed E-state index contributed by atoms with van der Waals surface area (Å²) in [5.74, 6) is 2.90. The molecule has 4 nitrogen and oxygen atoms in total. The molecule has 1 aromatic heterocycles. The molecule has 1 N–H and O–H groups in total. The van der Waals surface area contributed by atoms with E-state index in [2.05, 4.69) is 49.0 Å². The van der Waals surface area contributed by atoms with Gasteiger partial charge in [0.25, 0.3) is 0 Å². The Labute approximate surface area is 123 Å². The fourth-order valence-corrected chi connectivity index (χ4v) is 2.66. The highest BCUT2D eigenvalue weighted by Gasteiger charge is 2.23. The van der Waals surface area contributed by atoms with Crippen molar-refractivity contribution in [3.05, 3.63) is 11.9 Å². The van der Waals surface area contributed by atoms with Crippen LogP contribution >= 0.6 is 0 Å². The van der Waals surface area contributed by atoms with Crippen molar-refractivity contribution in [2.75, 3.05) is 23.8 Å². The maximum Gasteiger partial charge on any atom is 0.138 e. The van der Waals surface area contributed by atoms with Crippen molar-refractivity contribution in [3.63, 3.8) is 0 Å². The van der Waals surface area contributed by atoms with E-state index < -0.39 is 0 Å². The van der Waals surface area contributed by atoms with Crippen molar-refractivity contribution in [2.45, 2.75) is 64.8 Å². The fourth-order valence-electron chi connectivity index (χ4n) is 2.66. The van der Waals surface area contributed by atoms with Gasteiger partial charge in [-0.3, -0.25) is 0 Å². The van der Waals surface area contributed by atoms with E-state index in [4.69, 9.17) is 4.98 Å². The lowest BCUT2D eigenvalue weighted by Crippen LogP contribution is -2.34. The Morgan fingerprint density at radius 1 is 1.20 bits per heavy atom. The number of anilines is 2. The average Bonchev–Trinajstić information content (AvgIpc) is 2.62. The fraction of sp³-hybridized carbons (Fsp3) is 0.750. The molecular formula is C16H28N4. The third-order valence-corrected chi connectivity index (χ3v) is 3.99. The molecular weight excluding hydrogens is 248 g/mol. The Bertz CT molecular complexity index is 450. The molecule has 1 unspecified atom stereocenters. The van der Waals surface area contributed by atoms with Gasteiger partial charge in [0.2, 0.25) is 0 Å². The summed E-state index contributed by atoms with van der Waals surface area (Å²) < 4.78 is 0. The SMILES string of the molecule is CNc1cc(N2CCCCCC2C)nc(C(C)(C)C)n1. The smallest absolute Gasteiger partial charge is 0.138 e. The van der Waals surface area contributed by atoms with E-state index in [0.29, 0.717) is 6.04 Å². The summed E-state index contributed by atoms with van der Waals surface area (Å²) in [4.78, 5) is 11.9. The second-order valence-electron chi connectivity index (χ2n) is 6.83. The van der Waals surface area contributed by atoms with Crippen molar-refractivity contribution in [1.29, 1.82) is 0 Å². The maximum atomic E-state index is 4.84. The average molecular weight is 276 g/mol. The van der Waals surface area contributed by atoms with Crippen molar-refractivity contribution >= 4 is 11.6 Å². The van der Waals surface area contributed by atoms with Crippen LogP contribution in [-0.4, -0.2) is 29.6 Å². The number of rotatable bonds is 2. The summed E-state index contributed by atoms with van der Waals surface area (Å²) in [6.07, 6.45) is 5.17. The third kappa shape index (κ3) is 3.41. The van der Waals surface area contributed by atoms with E-state index in [1.165, 1.54) is 25.7 Å². The monoisotopic (exact) mass is 276 g/mol. The van der Waals surface area contributed by atoms with Gasteiger partial charge in [-0.1, -0.05) is 33.6 Å². The molecule has 1 aliphatic heterocycles. The molecule has 0 spiro atoms. The maximum absolute atomic E-state index is 4.84. The van der Waals surface area contributed by atoms with Crippen molar-refractivity contribution in [3.8, 4) is 0 Å². The Morgan fingerprint density at radius 2 is 1.95 bits per heavy atom. The molecule has 0 amide bonds. The lowest BCUT2D eigenvalue weighted by atomic mass is 9.95. The molecule has 112 valence electrons. The molecule has 0 radical (unpaired) electrons. The Hall–Kier alpha value is -1.32. The highest BCUT2D eigenvalue weighted by molar-refractivity contribution is 5.50. The summed E-state index contributed by atoms with van der Waals surface area (Å²) in [6, 6.07) is 2.64. The normalized spacial score (nSPS) is 20.6. The molecule has 1 fully saturated rings. The molecule has 0 aromatic carbocycles. The van der Waals surface area contributed by atoms with Gasteiger partial charge in [0, 0.05) is 31.1 Å². The zero-order valence-electron chi connectivity index (χ0n) is 13.5. The van der Waals surface area contributed by atoms with Crippen LogP contribution in [0.25, 0.3) is 0 Å². The minimum atomic E-state index is -0.0311. The summed E-state index contributed by atoms with van der Waals surface area (Å²) in [5.41, 5.74) is -0.0311. The van der Waals surface area contributed by atoms with Gasteiger partial charge in [0.15, 0.2) is 0 Å². The lowest BCUT2D eigenvalue weighted by molar-refractivity contribution is 0.540.